The van der Waals surface area contributed by atoms with Gasteiger partial charge in [-0.15, -0.1) is 0 Å². The molecule has 0 amide bonds. The van der Waals surface area contributed by atoms with E-state index in [1.54, 1.807) is 16.8 Å². The average molecular weight is 425 g/mol. The zero-order valence-corrected chi connectivity index (χ0v) is 16.6. The van der Waals surface area contributed by atoms with Crippen LogP contribution in [0.15, 0.2) is 24.7 Å². The summed E-state index contributed by atoms with van der Waals surface area (Å²) in [5.74, 6) is 5.91. The third-order valence-electron chi connectivity index (χ3n) is 5.53. The van der Waals surface area contributed by atoms with Gasteiger partial charge in [-0.25, -0.2) is 14.4 Å². The minimum absolute atomic E-state index is 0.0146. The zero-order chi connectivity index (χ0) is 21.7. The first-order valence-electron chi connectivity index (χ1n) is 9.73. The van der Waals surface area contributed by atoms with E-state index in [2.05, 4.69) is 21.8 Å². The van der Waals surface area contributed by atoms with Crippen molar-refractivity contribution in [3.05, 3.63) is 41.6 Å². The Morgan fingerprint density at radius 2 is 2.10 bits per heavy atom. The second kappa shape index (κ2) is 7.39. The number of ether oxygens (including phenoxy) is 2. The Hall–Kier alpha value is -3.39. The molecule has 0 aliphatic carbocycles. The quantitative estimate of drug-likeness (QED) is 0.486. The fourth-order valence-corrected chi connectivity index (χ4v) is 3.87. The predicted octanol–water partition coefficient (Wildman–Crippen LogP) is 0.632. The molecule has 0 unspecified atom stereocenters. The largest absolute Gasteiger partial charge is 0.488 e. The minimum Gasteiger partial charge on any atom is -0.488 e. The number of benzene rings is 1. The molecule has 2 aliphatic heterocycles. The van der Waals surface area contributed by atoms with Crippen LogP contribution in [0.5, 0.6) is 5.75 Å². The number of nitrogen functional groups attached to an aromatic ring is 1. The summed E-state index contributed by atoms with van der Waals surface area (Å²) >= 11 is 0. The third-order valence-corrected chi connectivity index (χ3v) is 5.53. The molecule has 2 aromatic heterocycles. The number of hydrogen-bond donors (Lipinski definition) is 3. The maximum Gasteiger partial charge on any atom is 0.164 e. The van der Waals surface area contributed by atoms with Crippen LogP contribution in [0, 0.1) is 17.7 Å². The van der Waals surface area contributed by atoms with Gasteiger partial charge in [0.25, 0.3) is 0 Å². The van der Waals surface area contributed by atoms with Crippen molar-refractivity contribution in [3.8, 4) is 17.6 Å². The summed E-state index contributed by atoms with van der Waals surface area (Å²) in [6.07, 6.45) is -0.125. The summed E-state index contributed by atoms with van der Waals surface area (Å²) in [4.78, 5) is 10.2. The number of nitrogens with two attached hydrogens (primary N) is 1. The standard InChI is InChI=1S/C21H20FN5O4/c1-26-6-7-30-18-12(13(22)4-5-14(18)26)3-2-11-8-27(21-17(29)15(28)9-31-21)20-16(11)19(23)24-10-25-20/h4-5,8,10,15,17,21,28-29H,6-7,9H2,1H3,(H2,23,24,25)/t15-,17-,21-/m1/s1. The van der Waals surface area contributed by atoms with Crippen molar-refractivity contribution in [2.75, 3.05) is 37.4 Å². The Morgan fingerprint density at radius 3 is 2.87 bits per heavy atom. The van der Waals surface area contributed by atoms with Crippen molar-refractivity contribution < 1.29 is 24.1 Å². The Labute approximate surface area is 176 Å². The number of nitrogens with zero attached hydrogens (tertiary/aromatic N) is 4. The summed E-state index contributed by atoms with van der Waals surface area (Å²) in [6, 6.07) is 3.02. The Kier molecular flexibility index (Phi) is 4.66. The van der Waals surface area contributed by atoms with Crippen LogP contribution in [0.3, 0.4) is 0 Å². The van der Waals surface area contributed by atoms with Crippen molar-refractivity contribution in [2.24, 2.45) is 0 Å². The second-order valence-corrected chi connectivity index (χ2v) is 7.48. The van der Waals surface area contributed by atoms with Crippen molar-refractivity contribution in [2.45, 2.75) is 18.4 Å². The van der Waals surface area contributed by atoms with E-state index in [-0.39, 0.29) is 18.0 Å². The average Bonchev–Trinajstić information content (AvgIpc) is 3.28. The lowest BCUT2D eigenvalue weighted by Crippen LogP contribution is -2.29. The molecule has 0 spiro atoms. The highest BCUT2D eigenvalue weighted by Crippen LogP contribution is 2.36. The number of aliphatic hydroxyl groups excluding tert-OH is 2. The lowest BCUT2D eigenvalue weighted by atomic mass is 10.1. The molecule has 0 radical (unpaired) electrons. The van der Waals surface area contributed by atoms with Crippen molar-refractivity contribution in [3.63, 3.8) is 0 Å². The second-order valence-electron chi connectivity index (χ2n) is 7.48. The number of likely N-dealkylation sites (N-methyl/N-ethyl adjacent to an activating group) is 1. The molecule has 5 rings (SSSR count). The van der Waals surface area contributed by atoms with Gasteiger partial charge in [0.15, 0.2) is 12.0 Å². The SMILES string of the molecule is CN1CCOc2c1ccc(F)c2C#Cc1cn([C@@H]2OC[C@@H](O)[C@H]2O)c2ncnc(N)c12. The maximum absolute atomic E-state index is 14.6. The first kappa shape index (κ1) is 19.6. The molecule has 1 fully saturated rings. The summed E-state index contributed by atoms with van der Waals surface area (Å²) in [5, 5.41) is 20.6. The topological polar surface area (TPSA) is 119 Å². The molecule has 1 aromatic carbocycles. The van der Waals surface area contributed by atoms with Gasteiger partial charge < -0.3 is 34.9 Å². The van der Waals surface area contributed by atoms with E-state index in [0.29, 0.717) is 35.5 Å². The van der Waals surface area contributed by atoms with Gasteiger partial charge in [-0.05, 0) is 12.1 Å². The van der Waals surface area contributed by atoms with Crippen LogP contribution in [0.1, 0.15) is 17.4 Å². The van der Waals surface area contributed by atoms with Crippen LogP contribution in [0.4, 0.5) is 15.9 Å². The molecule has 4 heterocycles. The van der Waals surface area contributed by atoms with Crippen molar-refractivity contribution in [1.82, 2.24) is 14.5 Å². The van der Waals surface area contributed by atoms with Crippen LogP contribution in [-0.4, -0.2) is 63.8 Å². The monoisotopic (exact) mass is 425 g/mol. The summed E-state index contributed by atoms with van der Waals surface area (Å²) < 4.78 is 27.4. The first-order chi connectivity index (χ1) is 15.0. The summed E-state index contributed by atoms with van der Waals surface area (Å²) in [5.41, 5.74) is 7.80. The van der Waals surface area contributed by atoms with Crippen LogP contribution in [0.25, 0.3) is 11.0 Å². The Bertz CT molecular complexity index is 1230. The molecule has 0 bridgehead atoms. The zero-order valence-electron chi connectivity index (χ0n) is 16.6. The smallest absolute Gasteiger partial charge is 0.164 e. The van der Waals surface area contributed by atoms with Crippen molar-refractivity contribution >= 4 is 22.5 Å². The highest BCUT2D eigenvalue weighted by Gasteiger charge is 2.37. The number of fused-ring (bicyclic) bond motifs is 2. The van der Waals surface area contributed by atoms with E-state index in [9.17, 15) is 14.6 Å². The molecule has 2 aliphatic rings. The van der Waals surface area contributed by atoms with E-state index in [1.165, 1.54) is 12.4 Å². The van der Waals surface area contributed by atoms with Crippen LogP contribution in [-0.2, 0) is 4.74 Å². The van der Waals surface area contributed by atoms with Gasteiger partial charge in [0.05, 0.1) is 29.8 Å². The van der Waals surface area contributed by atoms with E-state index >= 15 is 0 Å². The summed E-state index contributed by atoms with van der Waals surface area (Å²) in [6.45, 7) is 1.11. The number of hydrogen-bond acceptors (Lipinski definition) is 8. The lowest BCUT2D eigenvalue weighted by Gasteiger charge is -2.28. The highest BCUT2D eigenvalue weighted by molar-refractivity contribution is 5.92. The molecule has 4 N–H and O–H groups in total. The fraction of sp³-hybridized carbons (Fsp3) is 0.333. The van der Waals surface area contributed by atoms with Gasteiger partial charge in [0, 0.05) is 13.2 Å². The molecule has 160 valence electrons. The minimum atomic E-state index is -1.14. The van der Waals surface area contributed by atoms with Gasteiger partial charge in [-0.3, -0.25) is 0 Å². The molecule has 0 saturated carbocycles. The number of anilines is 2. The van der Waals surface area contributed by atoms with Gasteiger partial charge in [0.2, 0.25) is 0 Å². The van der Waals surface area contributed by atoms with Gasteiger partial charge in [-0.2, -0.15) is 0 Å². The van der Waals surface area contributed by atoms with Crippen LogP contribution < -0.4 is 15.4 Å². The molecular weight excluding hydrogens is 405 g/mol. The lowest BCUT2D eigenvalue weighted by molar-refractivity contribution is -0.0159. The Balaban J connectivity index is 1.64. The highest BCUT2D eigenvalue weighted by atomic mass is 19.1. The molecule has 31 heavy (non-hydrogen) atoms. The summed E-state index contributed by atoms with van der Waals surface area (Å²) in [7, 11) is 1.91. The first-order valence-corrected chi connectivity index (χ1v) is 9.73. The molecule has 3 aromatic rings. The van der Waals surface area contributed by atoms with Gasteiger partial charge in [0.1, 0.15) is 48.0 Å². The number of aromatic nitrogens is 3. The van der Waals surface area contributed by atoms with E-state index in [4.69, 9.17) is 15.2 Å². The van der Waals surface area contributed by atoms with Crippen LogP contribution in [0.2, 0.25) is 0 Å². The normalized spacial score (nSPS) is 22.7. The third kappa shape index (κ3) is 3.14. The molecular formula is C21H20FN5O4. The number of rotatable bonds is 1. The number of halogens is 1. The van der Waals surface area contributed by atoms with Gasteiger partial charge >= 0.3 is 0 Å². The van der Waals surface area contributed by atoms with E-state index in [0.717, 1.165) is 5.69 Å². The maximum atomic E-state index is 14.6. The van der Waals surface area contributed by atoms with E-state index in [1.807, 2.05) is 11.9 Å². The van der Waals surface area contributed by atoms with Gasteiger partial charge in [-0.1, -0.05) is 11.8 Å². The Morgan fingerprint density at radius 1 is 1.26 bits per heavy atom. The molecule has 9 nitrogen and oxygen atoms in total. The molecule has 3 atom stereocenters. The van der Waals surface area contributed by atoms with Crippen molar-refractivity contribution in [1.29, 1.82) is 0 Å². The fourth-order valence-electron chi connectivity index (χ4n) is 3.87. The van der Waals surface area contributed by atoms with E-state index < -0.39 is 24.3 Å². The molecule has 10 heteroatoms. The number of aliphatic hydroxyl groups is 2. The predicted molar refractivity (Wildman–Crippen MR) is 110 cm³/mol. The van der Waals surface area contributed by atoms with Crippen LogP contribution >= 0.6 is 0 Å². The molecule has 1 saturated heterocycles.